The first kappa shape index (κ1) is 26.5. The van der Waals surface area contributed by atoms with Gasteiger partial charge in [-0.05, 0) is 61.4 Å². The van der Waals surface area contributed by atoms with Crippen LogP contribution in [0.2, 0.25) is 0 Å². The van der Waals surface area contributed by atoms with Gasteiger partial charge >= 0.3 is 11.7 Å². The van der Waals surface area contributed by atoms with Crippen LogP contribution in [0.25, 0.3) is 11.1 Å². The van der Waals surface area contributed by atoms with E-state index in [1.165, 1.54) is 17.8 Å². The number of piperidine rings is 1. The quantitative estimate of drug-likeness (QED) is 0.520. The second-order valence-electron chi connectivity index (χ2n) is 10.6. The predicted molar refractivity (Wildman–Crippen MR) is 151 cm³/mol. The van der Waals surface area contributed by atoms with Crippen LogP contribution in [0, 0.1) is 13.8 Å². The van der Waals surface area contributed by atoms with Gasteiger partial charge in [0.05, 0.1) is 5.56 Å². The summed E-state index contributed by atoms with van der Waals surface area (Å²) in [5, 5.41) is 0. The van der Waals surface area contributed by atoms with Crippen LogP contribution in [0.15, 0.2) is 58.3 Å². The molecular formula is C30H35N5O4. The molecule has 0 aliphatic carbocycles. The van der Waals surface area contributed by atoms with Crippen molar-refractivity contribution in [2.75, 3.05) is 31.6 Å². The van der Waals surface area contributed by atoms with Gasteiger partial charge < -0.3 is 9.80 Å². The van der Waals surface area contributed by atoms with Gasteiger partial charge in [0.2, 0.25) is 5.91 Å². The minimum atomic E-state index is -0.518. The number of aromatic nitrogens is 2. The molecular weight excluding hydrogens is 494 g/mol. The van der Waals surface area contributed by atoms with E-state index in [0.717, 1.165) is 38.9 Å². The molecule has 9 nitrogen and oxygen atoms in total. The first-order valence-electron chi connectivity index (χ1n) is 13.4. The Labute approximate surface area is 227 Å². The Balaban J connectivity index is 1.29. The summed E-state index contributed by atoms with van der Waals surface area (Å²) in [5.74, 6) is -0.173. The zero-order valence-corrected chi connectivity index (χ0v) is 23.0. The van der Waals surface area contributed by atoms with E-state index >= 15 is 0 Å². The largest absolute Gasteiger partial charge is 0.341 e. The van der Waals surface area contributed by atoms with Crippen molar-refractivity contribution >= 4 is 17.6 Å². The molecule has 0 N–H and O–H groups in total. The molecule has 0 spiro atoms. The number of anilines is 1. The monoisotopic (exact) mass is 529 g/mol. The predicted octanol–water partition coefficient (Wildman–Crippen LogP) is 2.94. The summed E-state index contributed by atoms with van der Waals surface area (Å²) < 4.78 is 2.40. The first-order valence-corrected chi connectivity index (χ1v) is 13.4. The molecule has 2 aromatic carbocycles. The second-order valence-corrected chi connectivity index (χ2v) is 10.6. The van der Waals surface area contributed by atoms with Gasteiger partial charge in [-0.1, -0.05) is 36.4 Å². The highest BCUT2D eigenvalue weighted by Crippen LogP contribution is 2.28. The fourth-order valence-corrected chi connectivity index (χ4v) is 5.76. The zero-order chi connectivity index (χ0) is 27.8. The summed E-state index contributed by atoms with van der Waals surface area (Å²) >= 11 is 0. The number of para-hydroxylation sites is 1. The fourth-order valence-electron chi connectivity index (χ4n) is 5.76. The number of carbonyl (C=O) groups excluding carboxylic acids is 2. The Kier molecular flexibility index (Phi) is 7.16. The Bertz CT molecular complexity index is 1550. The van der Waals surface area contributed by atoms with Gasteiger partial charge in [0.25, 0.3) is 5.56 Å². The number of hydrogen-bond donors (Lipinski definition) is 0. The Morgan fingerprint density at radius 2 is 1.62 bits per heavy atom. The average Bonchev–Trinajstić information content (AvgIpc) is 3.07. The van der Waals surface area contributed by atoms with E-state index < -0.39 is 5.69 Å². The summed E-state index contributed by atoms with van der Waals surface area (Å²) in [6, 6.07) is 13.7. The Morgan fingerprint density at radius 1 is 0.897 bits per heavy atom. The van der Waals surface area contributed by atoms with Crippen LogP contribution in [0.4, 0.5) is 10.5 Å². The Hall–Kier alpha value is -4.14. The number of nitrogens with zero attached hydrogens (tertiary/aromatic N) is 5. The van der Waals surface area contributed by atoms with Crippen molar-refractivity contribution in [2.24, 2.45) is 7.05 Å². The number of aryl methyl sites for hydroxylation is 1. The van der Waals surface area contributed by atoms with Crippen molar-refractivity contribution in [1.29, 1.82) is 0 Å². The summed E-state index contributed by atoms with van der Waals surface area (Å²) in [6.07, 6.45) is 3.67. The van der Waals surface area contributed by atoms with Crippen LogP contribution in [0.1, 0.15) is 29.5 Å². The minimum absolute atomic E-state index is 0.0135. The number of rotatable bonds is 4. The lowest BCUT2D eigenvalue weighted by Crippen LogP contribution is -2.52. The second kappa shape index (κ2) is 10.6. The van der Waals surface area contributed by atoms with Crippen LogP contribution in [-0.2, 0) is 24.8 Å². The van der Waals surface area contributed by atoms with Crippen LogP contribution in [0.5, 0.6) is 0 Å². The van der Waals surface area contributed by atoms with Crippen molar-refractivity contribution < 1.29 is 9.59 Å². The summed E-state index contributed by atoms with van der Waals surface area (Å²) in [4.78, 5) is 57.8. The number of hydrogen-bond acceptors (Lipinski definition) is 4. The van der Waals surface area contributed by atoms with E-state index in [-0.39, 0.29) is 30.1 Å². The number of amides is 3. The maximum Gasteiger partial charge on any atom is 0.331 e. The van der Waals surface area contributed by atoms with E-state index in [1.807, 2.05) is 62.2 Å². The molecule has 9 heteroatoms. The van der Waals surface area contributed by atoms with Crippen molar-refractivity contribution in [3.8, 4) is 11.1 Å². The van der Waals surface area contributed by atoms with Gasteiger partial charge in [0.1, 0.15) is 6.54 Å². The molecule has 0 bridgehead atoms. The van der Waals surface area contributed by atoms with Crippen molar-refractivity contribution in [2.45, 2.75) is 45.7 Å². The molecule has 0 saturated carbocycles. The minimum Gasteiger partial charge on any atom is -0.341 e. The molecule has 3 aromatic rings. The number of likely N-dealkylation sites (tertiary alicyclic amines) is 1. The van der Waals surface area contributed by atoms with E-state index in [1.54, 1.807) is 9.80 Å². The highest BCUT2D eigenvalue weighted by molar-refractivity contribution is 5.93. The number of carbonyl (C=O) groups is 2. The molecule has 0 radical (unpaired) electrons. The molecule has 1 aromatic heterocycles. The third-order valence-electron chi connectivity index (χ3n) is 8.32. The average molecular weight is 530 g/mol. The van der Waals surface area contributed by atoms with Crippen molar-refractivity contribution in [1.82, 2.24) is 18.9 Å². The number of fused-ring (bicyclic) bond motifs is 1. The number of benzene rings is 2. The molecule has 3 amide bonds. The van der Waals surface area contributed by atoms with Gasteiger partial charge in [0.15, 0.2) is 0 Å². The molecule has 0 unspecified atom stereocenters. The molecule has 39 heavy (non-hydrogen) atoms. The maximum atomic E-state index is 13.3. The van der Waals surface area contributed by atoms with E-state index in [2.05, 4.69) is 6.07 Å². The smallest absolute Gasteiger partial charge is 0.331 e. The number of urea groups is 1. The first-order chi connectivity index (χ1) is 18.7. The highest BCUT2D eigenvalue weighted by atomic mass is 16.2. The third-order valence-corrected chi connectivity index (χ3v) is 8.32. The molecule has 2 aliphatic heterocycles. The van der Waals surface area contributed by atoms with Crippen molar-refractivity contribution in [3.05, 3.63) is 86.2 Å². The lowest BCUT2D eigenvalue weighted by molar-refractivity contribution is -0.133. The van der Waals surface area contributed by atoms with Gasteiger partial charge in [0, 0.05) is 51.7 Å². The fraction of sp³-hybridized carbons (Fsp3) is 0.400. The van der Waals surface area contributed by atoms with E-state index in [0.29, 0.717) is 38.0 Å². The summed E-state index contributed by atoms with van der Waals surface area (Å²) in [7, 11) is 3.26. The molecule has 2 aliphatic rings. The van der Waals surface area contributed by atoms with E-state index in [4.69, 9.17) is 0 Å². The molecule has 1 fully saturated rings. The van der Waals surface area contributed by atoms with E-state index in [9.17, 15) is 19.2 Å². The van der Waals surface area contributed by atoms with Gasteiger partial charge in [-0.25, -0.2) is 9.59 Å². The van der Waals surface area contributed by atoms with Crippen LogP contribution >= 0.6 is 0 Å². The molecule has 5 rings (SSSR count). The van der Waals surface area contributed by atoms with Crippen LogP contribution in [0.3, 0.4) is 0 Å². The maximum absolute atomic E-state index is 13.3. The van der Waals surface area contributed by atoms with Gasteiger partial charge in [-0.15, -0.1) is 0 Å². The summed E-state index contributed by atoms with van der Waals surface area (Å²) in [5.41, 5.74) is 4.37. The van der Waals surface area contributed by atoms with Crippen LogP contribution in [-0.4, -0.2) is 63.6 Å². The molecule has 204 valence electrons. The highest BCUT2D eigenvalue weighted by Gasteiger charge is 2.33. The van der Waals surface area contributed by atoms with Gasteiger partial charge in [-0.2, -0.15) is 0 Å². The van der Waals surface area contributed by atoms with Gasteiger partial charge in [-0.3, -0.25) is 23.6 Å². The lowest BCUT2D eigenvalue weighted by atomic mass is 9.99. The SMILES string of the molecule is Cc1cccc(-c2cn(CC(=O)N3CCC(N4CCc5ccccc5N(C)C4=O)CC3)c(=O)n(C)c2=O)c1C. The molecule has 3 heterocycles. The topological polar surface area (TPSA) is 87.9 Å². The normalized spacial score (nSPS) is 16.3. The van der Waals surface area contributed by atoms with Crippen molar-refractivity contribution in [3.63, 3.8) is 0 Å². The molecule has 1 saturated heterocycles. The lowest BCUT2D eigenvalue weighted by Gasteiger charge is -2.39. The zero-order valence-electron chi connectivity index (χ0n) is 23.0. The Morgan fingerprint density at radius 3 is 2.36 bits per heavy atom. The summed E-state index contributed by atoms with van der Waals surface area (Å²) in [6.45, 7) is 5.44. The van der Waals surface area contributed by atoms with Crippen LogP contribution < -0.4 is 16.1 Å². The molecule has 0 atom stereocenters. The standard InChI is InChI=1S/C30H35N5O4/c1-20-8-7-10-24(21(20)2)25-18-34(29(38)32(4)28(25)37)19-27(36)33-15-13-23(14-16-33)35-17-12-22-9-5-6-11-26(22)31(3)30(35)39/h5-11,18,23H,12-17,19H2,1-4H3. The third kappa shape index (κ3) is 4.89.